The molecule has 0 amide bonds. The van der Waals surface area contributed by atoms with Gasteiger partial charge in [-0.2, -0.15) is 4.31 Å². The molecule has 1 aromatic rings. The SMILES string of the molecule is CCC1CCCCCN1S(=O)(=O)c1cc(C)c(F)c(N)c1. The van der Waals surface area contributed by atoms with Crippen LogP contribution in [0, 0.1) is 12.7 Å². The number of aryl methyl sites for hydroxylation is 1. The van der Waals surface area contributed by atoms with Gasteiger partial charge in [0, 0.05) is 12.6 Å². The zero-order chi connectivity index (χ0) is 15.6. The van der Waals surface area contributed by atoms with Gasteiger partial charge in [-0.3, -0.25) is 0 Å². The minimum atomic E-state index is -3.62. The van der Waals surface area contributed by atoms with Gasteiger partial charge in [-0.05, 0) is 43.9 Å². The van der Waals surface area contributed by atoms with E-state index in [1.54, 1.807) is 4.31 Å². The first kappa shape index (κ1) is 16.2. The van der Waals surface area contributed by atoms with Crippen molar-refractivity contribution in [2.45, 2.75) is 56.9 Å². The number of nitrogens with two attached hydrogens (primary N) is 1. The van der Waals surface area contributed by atoms with Gasteiger partial charge < -0.3 is 5.73 Å². The number of hydrogen-bond donors (Lipinski definition) is 1. The molecule has 4 nitrogen and oxygen atoms in total. The summed E-state index contributed by atoms with van der Waals surface area (Å²) in [7, 11) is -3.62. The van der Waals surface area contributed by atoms with Crippen LogP contribution in [0.2, 0.25) is 0 Å². The van der Waals surface area contributed by atoms with E-state index in [-0.39, 0.29) is 22.2 Å². The van der Waals surface area contributed by atoms with E-state index in [0.717, 1.165) is 32.1 Å². The van der Waals surface area contributed by atoms with E-state index in [9.17, 15) is 12.8 Å². The van der Waals surface area contributed by atoms with Crippen molar-refractivity contribution < 1.29 is 12.8 Å². The first-order chi connectivity index (χ1) is 9.87. The van der Waals surface area contributed by atoms with Gasteiger partial charge in [-0.25, -0.2) is 12.8 Å². The molecule has 0 bridgehead atoms. The molecule has 0 radical (unpaired) electrons. The smallest absolute Gasteiger partial charge is 0.243 e. The summed E-state index contributed by atoms with van der Waals surface area (Å²) in [5.74, 6) is -0.545. The lowest BCUT2D eigenvalue weighted by Gasteiger charge is -2.28. The van der Waals surface area contributed by atoms with E-state index in [0.29, 0.717) is 6.54 Å². The second-order valence-electron chi connectivity index (χ2n) is 5.67. The van der Waals surface area contributed by atoms with Gasteiger partial charge in [0.2, 0.25) is 10.0 Å². The van der Waals surface area contributed by atoms with E-state index in [1.807, 2.05) is 6.92 Å². The molecule has 1 saturated heterocycles. The molecule has 1 heterocycles. The van der Waals surface area contributed by atoms with Crippen LogP contribution in [0.4, 0.5) is 10.1 Å². The number of anilines is 1. The molecule has 1 aliphatic heterocycles. The lowest BCUT2D eigenvalue weighted by atomic mass is 10.1. The molecule has 2 N–H and O–H groups in total. The van der Waals surface area contributed by atoms with E-state index < -0.39 is 15.8 Å². The Balaban J connectivity index is 2.44. The van der Waals surface area contributed by atoms with Gasteiger partial charge in [0.25, 0.3) is 0 Å². The minimum absolute atomic E-state index is 0.0177. The van der Waals surface area contributed by atoms with Crippen LogP contribution in [-0.4, -0.2) is 25.3 Å². The average molecular weight is 314 g/mol. The molecule has 0 aliphatic carbocycles. The van der Waals surface area contributed by atoms with Crippen molar-refractivity contribution in [2.75, 3.05) is 12.3 Å². The van der Waals surface area contributed by atoms with Crippen molar-refractivity contribution >= 4 is 15.7 Å². The summed E-state index contributed by atoms with van der Waals surface area (Å²) in [6.45, 7) is 4.06. The lowest BCUT2D eigenvalue weighted by molar-refractivity contribution is 0.315. The van der Waals surface area contributed by atoms with Gasteiger partial charge in [0.1, 0.15) is 5.82 Å². The van der Waals surface area contributed by atoms with E-state index in [4.69, 9.17) is 5.73 Å². The van der Waals surface area contributed by atoms with Crippen molar-refractivity contribution in [2.24, 2.45) is 0 Å². The molecule has 118 valence electrons. The Hall–Kier alpha value is -1.14. The van der Waals surface area contributed by atoms with Gasteiger partial charge in [-0.1, -0.05) is 19.8 Å². The van der Waals surface area contributed by atoms with Crippen molar-refractivity contribution in [3.63, 3.8) is 0 Å². The molecule has 21 heavy (non-hydrogen) atoms. The van der Waals surface area contributed by atoms with Crippen molar-refractivity contribution in [3.05, 3.63) is 23.5 Å². The normalized spacial score (nSPS) is 21.2. The average Bonchev–Trinajstić information content (AvgIpc) is 2.69. The standard InChI is InChI=1S/C15H23FN2O2S/c1-3-12-7-5-4-6-8-18(12)21(19,20)13-9-11(2)15(16)14(17)10-13/h9-10,12H,3-8,17H2,1-2H3. The van der Waals surface area contributed by atoms with Gasteiger partial charge in [0.15, 0.2) is 0 Å². The van der Waals surface area contributed by atoms with Crippen molar-refractivity contribution in [1.82, 2.24) is 4.31 Å². The monoisotopic (exact) mass is 314 g/mol. The molecular formula is C15H23FN2O2S. The lowest BCUT2D eigenvalue weighted by Crippen LogP contribution is -2.39. The van der Waals surface area contributed by atoms with Gasteiger partial charge in [-0.15, -0.1) is 0 Å². The maximum atomic E-state index is 13.6. The van der Waals surface area contributed by atoms with Crippen LogP contribution >= 0.6 is 0 Å². The Morgan fingerprint density at radius 2 is 2.05 bits per heavy atom. The third-order valence-electron chi connectivity index (χ3n) is 4.16. The summed E-state index contributed by atoms with van der Waals surface area (Å²) < 4.78 is 40.9. The fourth-order valence-corrected chi connectivity index (χ4v) is 4.81. The molecule has 2 rings (SSSR count). The summed E-state index contributed by atoms with van der Waals surface area (Å²) >= 11 is 0. The Labute approximate surface area is 126 Å². The summed E-state index contributed by atoms with van der Waals surface area (Å²) in [5, 5.41) is 0. The Bertz CT molecular complexity index is 593. The van der Waals surface area contributed by atoms with Crippen LogP contribution in [0.3, 0.4) is 0 Å². The summed E-state index contributed by atoms with van der Waals surface area (Å²) in [5.41, 5.74) is 5.73. The van der Waals surface area contributed by atoms with Crippen molar-refractivity contribution in [3.8, 4) is 0 Å². The predicted molar refractivity (Wildman–Crippen MR) is 82.0 cm³/mol. The van der Waals surface area contributed by atoms with Crippen molar-refractivity contribution in [1.29, 1.82) is 0 Å². The quantitative estimate of drug-likeness (QED) is 0.872. The molecule has 1 aromatic carbocycles. The highest BCUT2D eigenvalue weighted by Crippen LogP contribution is 2.29. The highest BCUT2D eigenvalue weighted by atomic mass is 32.2. The highest BCUT2D eigenvalue weighted by Gasteiger charge is 2.32. The number of sulfonamides is 1. The maximum Gasteiger partial charge on any atom is 0.243 e. The zero-order valence-electron chi connectivity index (χ0n) is 12.6. The van der Waals surface area contributed by atoms with Crippen LogP contribution in [0.1, 0.15) is 44.6 Å². The molecule has 0 saturated carbocycles. The summed E-state index contributed by atoms with van der Waals surface area (Å²) in [6.07, 6.45) is 4.63. The molecule has 1 fully saturated rings. The molecule has 6 heteroatoms. The fraction of sp³-hybridized carbons (Fsp3) is 0.600. The highest BCUT2D eigenvalue weighted by molar-refractivity contribution is 7.89. The zero-order valence-corrected chi connectivity index (χ0v) is 13.4. The van der Waals surface area contributed by atoms with Crippen LogP contribution in [-0.2, 0) is 10.0 Å². The minimum Gasteiger partial charge on any atom is -0.396 e. The third-order valence-corrected chi connectivity index (χ3v) is 6.09. The Morgan fingerprint density at radius 3 is 2.67 bits per heavy atom. The number of halogens is 1. The van der Waals surface area contributed by atoms with Crippen LogP contribution in [0.15, 0.2) is 17.0 Å². The van der Waals surface area contributed by atoms with E-state index >= 15 is 0 Å². The van der Waals surface area contributed by atoms with Gasteiger partial charge >= 0.3 is 0 Å². The first-order valence-corrected chi connectivity index (χ1v) is 8.89. The molecular weight excluding hydrogens is 291 g/mol. The number of benzene rings is 1. The number of rotatable bonds is 3. The van der Waals surface area contributed by atoms with E-state index in [1.165, 1.54) is 19.1 Å². The Morgan fingerprint density at radius 1 is 1.33 bits per heavy atom. The first-order valence-electron chi connectivity index (χ1n) is 7.45. The second kappa shape index (κ2) is 6.32. The summed E-state index contributed by atoms with van der Waals surface area (Å²) in [4.78, 5) is 0.0965. The van der Waals surface area contributed by atoms with Crippen LogP contribution < -0.4 is 5.73 Å². The van der Waals surface area contributed by atoms with E-state index in [2.05, 4.69) is 0 Å². The Kier molecular flexibility index (Phi) is 4.88. The second-order valence-corrected chi connectivity index (χ2v) is 7.56. The number of nitrogen functional groups attached to an aromatic ring is 1. The number of hydrogen-bond acceptors (Lipinski definition) is 3. The van der Waals surface area contributed by atoms with Gasteiger partial charge in [0.05, 0.1) is 10.6 Å². The third kappa shape index (κ3) is 3.21. The number of nitrogens with zero attached hydrogens (tertiary/aromatic N) is 1. The molecule has 1 atom stereocenters. The van der Waals surface area contributed by atoms with Crippen LogP contribution in [0.5, 0.6) is 0 Å². The predicted octanol–water partition coefficient (Wildman–Crippen LogP) is 3.06. The van der Waals surface area contributed by atoms with Crippen LogP contribution in [0.25, 0.3) is 0 Å². The fourth-order valence-electron chi connectivity index (χ4n) is 2.92. The molecule has 1 unspecified atom stereocenters. The topological polar surface area (TPSA) is 63.4 Å². The molecule has 0 spiro atoms. The molecule has 0 aromatic heterocycles. The largest absolute Gasteiger partial charge is 0.396 e. The maximum absolute atomic E-state index is 13.6. The summed E-state index contributed by atoms with van der Waals surface area (Å²) in [6, 6.07) is 2.62. The molecule has 1 aliphatic rings.